The lowest BCUT2D eigenvalue weighted by Gasteiger charge is -2.23. The first-order chi connectivity index (χ1) is 10.1. The number of carboxylic acids is 1. The number of hydrogen-bond acceptors (Lipinski definition) is 3. The monoisotopic (exact) mass is 337 g/mol. The van der Waals surface area contributed by atoms with E-state index in [1.165, 1.54) is 6.92 Å². The lowest BCUT2D eigenvalue weighted by atomic mass is 10.1. The van der Waals surface area contributed by atoms with Crippen molar-refractivity contribution in [1.82, 2.24) is 4.31 Å². The van der Waals surface area contributed by atoms with Gasteiger partial charge in [0.05, 0.1) is 6.42 Å². The van der Waals surface area contributed by atoms with E-state index >= 15 is 0 Å². The Kier molecular flexibility index (Phi) is 4.48. The van der Waals surface area contributed by atoms with Gasteiger partial charge in [0.1, 0.15) is 17.8 Å². The van der Waals surface area contributed by atoms with Crippen LogP contribution in [-0.2, 0) is 14.8 Å². The van der Waals surface area contributed by atoms with E-state index in [0.717, 1.165) is 12.1 Å². The molecule has 9 heteroatoms. The Bertz CT molecular complexity index is 707. The van der Waals surface area contributed by atoms with E-state index in [4.69, 9.17) is 5.11 Å². The van der Waals surface area contributed by atoms with E-state index in [-0.39, 0.29) is 12.0 Å². The molecule has 1 aromatic rings. The van der Waals surface area contributed by atoms with Crippen LogP contribution >= 0.6 is 0 Å². The van der Waals surface area contributed by atoms with Crippen LogP contribution in [0.4, 0.5) is 13.2 Å². The summed E-state index contributed by atoms with van der Waals surface area (Å²) in [6, 6.07) is 0.720. The zero-order chi connectivity index (χ0) is 16.7. The molecule has 0 saturated carbocycles. The molecule has 0 spiro atoms. The number of halogens is 3. The summed E-state index contributed by atoms with van der Waals surface area (Å²) in [6.07, 6.45) is -2.52. The third kappa shape index (κ3) is 2.95. The molecule has 1 fully saturated rings. The molecule has 1 aliphatic rings. The minimum Gasteiger partial charge on any atom is -0.481 e. The van der Waals surface area contributed by atoms with Crippen molar-refractivity contribution in [3.63, 3.8) is 0 Å². The summed E-state index contributed by atoms with van der Waals surface area (Å²) in [5.74, 6) is -3.86. The fourth-order valence-electron chi connectivity index (χ4n) is 2.50. The van der Waals surface area contributed by atoms with E-state index in [1.807, 2.05) is 0 Å². The summed E-state index contributed by atoms with van der Waals surface area (Å²) in [4.78, 5) is 9.60. The van der Waals surface area contributed by atoms with Gasteiger partial charge < -0.3 is 5.11 Å². The molecule has 5 nitrogen and oxygen atoms in total. The summed E-state index contributed by atoms with van der Waals surface area (Å²) < 4.78 is 66.8. The third-order valence-electron chi connectivity index (χ3n) is 3.53. The fourth-order valence-corrected chi connectivity index (χ4v) is 4.34. The quantitative estimate of drug-likeness (QED) is 0.910. The van der Waals surface area contributed by atoms with Gasteiger partial charge in [0.15, 0.2) is 4.90 Å². The van der Waals surface area contributed by atoms with Crippen molar-refractivity contribution in [3.05, 3.63) is 29.3 Å². The van der Waals surface area contributed by atoms with Gasteiger partial charge in [-0.25, -0.2) is 21.6 Å². The highest BCUT2D eigenvalue weighted by Gasteiger charge is 2.43. The predicted molar refractivity (Wildman–Crippen MR) is 70.5 cm³/mol. The molecular formula is C13H14F3NO4S. The van der Waals surface area contributed by atoms with Gasteiger partial charge in [-0.15, -0.1) is 0 Å². The number of nitrogens with zero attached hydrogens (tertiary/aromatic N) is 1. The second kappa shape index (κ2) is 5.88. The third-order valence-corrected chi connectivity index (χ3v) is 5.49. The molecule has 0 aromatic heterocycles. The minimum atomic E-state index is -4.67. The van der Waals surface area contributed by atoms with Crippen LogP contribution < -0.4 is 0 Å². The van der Waals surface area contributed by atoms with Gasteiger partial charge in [-0.2, -0.15) is 4.31 Å². The molecule has 0 aliphatic carbocycles. The van der Waals surface area contributed by atoms with E-state index in [1.54, 1.807) is 0 Å². The Balaban J connectivity index is 2.50. The van der Waals surface area contributed by atoms with Crippen molar-refractivity contribution < 1.29 is 31.5 Å². The van der Waals surface area contributed by atoms with Crippen LogP contribution in [-0.4, -0.2) is 42.6 Å². The standard InChI is InChI=1S/C13H14F3NO4S/c1-7-2-3-10(15)13(12(7)16)22(20,21)17-6-8(14)4-9(17)5-11(18)19/h2-3,8-9H,4-6H2,1H3,(H,18,19)/t8-,9-/m0/s1. The first-order valence-corrected chi connectivity index (χ1v) is 7.91. The van der Waals surface area contributed by atoms with Gasteiger partial charge in [0, 0.05) is 12.6 Å². The molecule has 1 aliphatic heterocycles. The second-order valence-electron chi connectivity index (χ2n) is 5.17. The molecule has 22 heavy (non-hydrogen) atoms. The average molecular weight is 337 g/mol. The Labute approximate surface area is 125 Å². The molecule has 0 unspecified atom stereocenters. The zero-order valence-corrected chi connectivity index (χ0v) is 12.4. The minimum absolute atomic E-state index is 0.0780. The Morgan fingerprint density at radius 1 is 1.41 bits per heavy atom. The number of carbonyl (C=O) groups is 1. The molecule has 1 heterocycles. The van der Waals surface area contributed by atoms with Crippen molar-refractivity contribution in [1.29, 1.82) is 0 Å². The van der Waals surface area contributed by atoms with Crippen molar-refractivity contribution in [2.45, 2.75) is 36.9 Å². The SMILES string of the molecule is Cc1ccc(F)c(S(=O)(=O)N2C[C@@H](F)C[C@H]2CC(=O)O)c1F. The number of alkyl halides is 1. The maximum Gasteiger partial charge on any atom is 0.304 e. The van der Waals surface area contributed by atoms with Gasteiger partial charge >= 0.3 is 5.97 Å². The summed E-state index contributed by atoms with van der Waals surface area (Å²) in [7, 11) is -4.67. The molecular weight excluding hydrogens is 323 g/mol. The van der Waals surface area contributed by atoms with Crippen LogP contribution in [0.3, 0.4) is 0 Å². The molecule has 1 N–H and O–H groups in total. The summed E-state index contributed by atoms with van der Waals surface area (Å²) >= 11 is 0. The number of aliphatic carboxylic acids is 1. The van der Waals surface area contributed by atoms with E-state index in [2.05, 4.69) is 0 Å². The van der Waals surface area contributed by atoms with Crippen LogP contribution in [0.25, 0.3) is 0 Å². The smallest absolute Gasteiger partial charge is 0.304 e. The number of benzene rings is 1. The van der Waals surface area contributed by atoms with E-state index in [0.29, 0.717) is 4.31 Å². The first kappa shape index (κ1) is 16.8. The highest BCUT2D eigenvalue weighted by Crippen LogP contribution is 2.32. The molecule has 1 saturated heterocycles. The lowest BCUT2D eigenvalue weighted by Crippen LogP contribution is -2.38. The maximum atomic E-state index is 14.0. The summed E-state index contributed by atoms with van der Waals surface area (Å²) in [5, 5.41) is 8.78. The van der Waals surface area contributed by atoms with Crippen molar-refractivity contribution in [2.75, 3.05) is 6.54 Å². The normalized spacial score (nSPS) is 22.9. The summed E-state index contributed by atoms with van der Waals surface area (Å²) in [6.45, 7) is 0.650. The molecule has 2 atom stereocenters. The largest absolute Gasteiger partial charge is 0.481 e. The van der Waals surface area contributed by atoms with Gasteiger partial charge in [0.25, 0.3) is 0 Å². The Hall–Kier alpha value is -1.61. The highest BCUT2D eigenvalue weighted by atomic mass is 32.2. The molecule has 122 valence electrons. The number of carboxylic acid groups (broad SMARTS) is 1. The van der Waals surface area contributed by atoms with Gasteiger partial charge in [-0.1, -0.05) is 6.07 Å². The van der Waals surface area contributed by atoms with Crippen molar-refractivity contribution >= 4 is 16.0 Å². The number of aryl methyl sites for hydroxylation is 1. The zero-order valence-electron chi connectivity index (χ0n) is 11.6. The number of rotatable bonds is 4. The van der Waals surface area contributed by atoms with Crippen LogP contribution in [0, 0.1) is 18.6 Å². The maximum absolute atomic E-state index is 14.0. The van der Waals surface area contributed by atoms with E-state index in [9.17, 15) is 26.4 Å². The lowest BCUT2D eigenvalue weighted by molar-refractivity contribution is -0.137. The second-order valence-corrected chi connectivity index (χ2v) is 6.99. The molecule has 0 radical (unpaired) electrons. The first-order valence-electron chi connectivity index (χ1n) is 6.47. The number of sulfonamides is 1. The molecule has 0 amide bonds. The Morgan fingerprint density at radius 2 is 2.05 bits per heavy atom. The van der Waals surface area contributed by atoms with Gasteiger partial charge in [0.2, 0.25) is 10.0 Å². The molecule has 2 rings (SSSR count). The Morgan fingerprint density at radius 3 is 2.64 bits per heavy atom. The van der Waals surface area contributed by atoms with Crippen LogP contribution in [0.5, 0.6) is 0 Å². The molecule has 0 bridgehead atoms. The van der Waals surface area contributed by atoms with Gasteiger partial charge in [-0.05, 0) is 25.0 Å². The predicted octanol–water partition coefficient (Wildman–Crippen LogP) is 1.85. The van der Waals surface area contributed by atoms with Crippen LogP contribution in [0.1, 0.15) is 18.4 Å². The van der Waals surface area contributed by atoms with Crippen molar-refractivity contribution in [3.8, 4) is 0 Å². The van der Waals surface area contributed by atoms with Gasteiger partial charge in [-0.3, -0.25) is 4.79 Å². The van der Waals surface area contributed by atoms with Crippen molar-refractivity contribution in [2.24, 2.45) is 0 Å². The average Bonchev–Trinajstić information content (AvgIpc) is 2.75. The molecule has 1 aromatic carbocycles. The topological polar surface area (TPSA) is 74.7 Å². The summed E-state index contributed by atoms with van der Waals surface area (Å²) in [5.41, 5.74) is -0.0780. The van der Waals surface area contributed by atoms with Crippen LogP contribution in [0.15, 0.2) is 17.0 Å². The van der Waals surface area contributed by atoms with E-state index < -0.39 is 57.7 Å². The number of hydrogen-bond donors (Lipinski definition) is 1. The van der Waals surface area contributed by atoms with Crippen LogP contribution in [0.2, 0.25) is 0 Å². The highest BCUT2D eigenvalue weighted by molar-refractivity contribution is 7.89. The fraction of sp³-hybridized carbons (Fsp3) is 0.462.